The van der Waals surface area contributed by atoms with Crippen LogP contribution >= 0.6 is 11.8 Å². The van der Waals surface area contributed by atoms with E-state index >= 15 is 0 Å². The summed E-state index contributed by atoms with van der Waals surface area (Å²) in [6.07, 6.45) is 5.90. The Morgan fingerprint density at radius 2 is 1.54 bits per heavy atom. The maximum Gasteiger partial charge on any atom is 0.408 e. The van der Waals surface area contributed by atoms with Crippen molar-refractivity contribution in [3.63, 3.8) is 0 Å². The molecular weight excluding hydrogens is 847 g/mol. The van der Waals surface area contributed by atoms with Crippen molar-refractivity contribution in [1.29, 1.82) is 0 Å². The Balaban J connectivity index is 1.46. The number of hydrogen-bond donors (Lipinski definition) is 5. The van der Waals surface area contributed by atoms with Crippen molar-refractivity contribution in [1.82, 2.24) is 31.5 Å². The van der Waals surface area contributed by atoms with E-state index in [-0.39, 0.29) is 42.6 Å². The van der Waals surface area contributed by atoms with E-state index in [0.29, 0.717) is 50.4 Å². The number of carbonyl (C=O) groups is 6. The fourth-order valence-corrected chi connectivity index (χ4v) is 8.45. The van der Waals surface area contributed by atoms with E-state index in [1.165, 1.54) is 11.8 Å². The highest BCUT2D eigenvalue weighted by Gasteiger charge is 2.39. The first-order valence-corrected chi connectivity index (χ1v) is 23.9. The zero-order valence-corrected chi connectivity index (χ0v) is 40.2. The molecule has 16 heteroatoms. The maximum absolute atomic E-state index is 14.5. The van der Waals surface area contributed by atoms with Crippen LogP contribution in [0, 0.1) is 17.8 Å². The van der Waals surface area contributed by atoms with Crippen LogP contribution < -0.4 is 26.6 Å². The molecule has 6 amide bonds. The van der Waals surface area contributed by atoms with Gasteiger partial charge in [-0.25, -0.2) is 9.59 Å². The number of rotatable bonds is 20. The van der Waals surface area contributed by atoms with Crippen molar-refractivity contribution < 1.29 is 38.2 Å². The lowest BCUT2D eigenvalue weighted by Crippen LogP contribution is -2.58. The van der Waals surface area contributed by atoms with Crippen molar-refractivity contribution in [3.05, 3.63) is 83.9 Å². The molecule has 0 aromatic heterocycles. The summed E-state index contributed by atoms with van der Waals surface area (Å²) in [7, 11) is 0. The van der Waals surface area contributed by atoms with Gasteiger partial charge in [0.25, 0.3) is 0 Å². The second-order valence-electron chi connectivity index (χ2n) is 18.6. The molecule has 2 aromatic rings. The Hall–Kier alpha value is -5.38. The van der Waals surface area contributed by atoms with Crippen LogP contribution in [0.25, 0.3) is 0 Å². The summed E-state index contributed by atoms with van der Waals surface area (Å²) in [4.78, 5) is 87.8. The Kier molecular flexibility index (Phi) is 20.8. The van der Waals surface area contributed by atoms with E-state index in [0.717, 1.165) is 17.5 Å². The lowest BCUT2D eigenvalue weighted by atomic mass is 9.94. The second kappa shape index (κ2) is 25.9. The number of nitrogens with one attached hydrogen (secondary N) is 5. The van der Waals surface area contributed by atoms with E-state index < -0.39 is 65.6 Å². The van der Waals surface area contributed by atoms with Crippen LogP contribution in [0.3, 0.4) is 0 Å². The number of carbonyl (C=O) groups excluding carboxylic acids is 6. The molecule has 4 rings (SSSR count). The molecule has 6 atom stereocenters. The third kappa shape index (κ3) is 18.6. The fourth-order valence-electron chi connectivity index (χ4n) is 7.52. The van der Waals surface area contributed by atoms with E-state index in [1.807, 2.05) is 72.8 Å². The van der Waals surface area contributed by atoms with Gasteiger partial charge in [-0.05, 0) is 88.7 Å². The SMILES string of the molecule is CC(C)C[C@@H](/C=C/[C@H](Cc1ccccc1)C(=O)N1CCC[C@H]1C(=O)N[C@H](C(=O)N[C@@H](CCCNC(=O)OCc1ccccc1)C(=O)NC1=NCCC(C)S1)C(C)C)NC(=O)OC(C)(C)C. The zero-order valence-electron chi connectivity index (χ0n) is 39.4. The van der Waals surface area contributed by atoms with Gasteiger partial charge in [0.05, 0.1) is 12.0 Å². The highest BCUT2D eigenvalue weighted by molar-refractivity contribution is 8.14. The van der Waals surface area contributed by atoms with Crippen LogP contribution in [0.4, 0.5) is 9.59 Å². The summed E-state index contributed by atoms with van der Waals surface area (Å²) >= 11 is 1.45. The summed E-state index contributed by atoms with van der Waals surface area (Å²) < 4.78 is 10.8. The monoisotopic (exact) mass is 918 g/mol. The molecule has 0 saturated carbocycles. The average Bonchev–Trinajstić information content (AvgIpc) is 3.74. The number of ether oxygens (including phenoxy) is 2. The largest absolute Gasteiger partial charge is 0.445 e. The molecule has 0 radical (unpaired) electrons. The third-order valence-corrected chi connectivity index (χ3v) is 11.9. The average molecular weight is 918 g/mol. The van der Waals surface area contributed by atoms with Crippen LogP contribution in [0.15, 0.2) is 77.8 Å². The van der Waals surface area contributed by atoms with Gasteiger partial charge in [-0.1, -0.05) is 119 Å². The molecule has 1 fully saturated rings. The number of benzene rings is 2. The lowest BCUT2D eigenvalue weighted by molar-refractivity contribution is -0.141. The van der Waals surface area contributed by atoms with Gasteiger partial charge in [0.1, 0.15) is 30.3 Å². The summed E-state index contributed by atoms with van der Waals surface area (Å²) in [5, 5.41) is 15.1. The Morgan fingerprint density at radius 3 is 2.17 bits per heavy atom. The Bertz CT molecular complexity index is 1940. The first kappa shape index (κ1) is 52.2. The summed E-state index contributed by atoms with van der Waals surface area (Å²) in [6.45, 7) is 16.4. The van der Waals surface area contributed by atoms with Gasteiger partial charge in [-0.3, -0.25) is 24.2 Å². The first-order valence-electron chi connectivity index (χ1n) is 23.0. The van der Waals surface area contributed by atoms with Gasteiger partial charge in [0, 0.05) is 24.9 Å². The van der Waals surface area contributed by atoms with Crippen LogP contribution in [0.5, 0.6) is 0 Å². The minimum Gasteiger partial charge on any atom is -0.445 e. The number of nitrogens with zero attached hydrogens (tertiary/aromatic N) is 2. The molecule has 0 bridgehead atoms. The molecule has 65 heavy (non-hydrogen) atoms. The second-order valence-corrected chi connectivity index (χ2v) is 20.0. The molecule has 356 valence electrons. The summed E-state index contributed by atoms with van der Waals surface area (Å²) in [6, 6.07) is 15.7. The number of aliphatic imine (C=N–C) groups is 1. The predicted octanol–water partition coefficient (Wildman–Crippen LogP) is 6.66. The molecular formula is C49H71N7O8S. The van der Waals surface area contributed by atoms with Crippen LogP contribution in [0.2, 0.25) is 0 Å². The molecule has 2 aliphatic rings. The molecule has 2 aromatic carbocycles. The van der Waals surface area contributed by atoms with Gasteiger partial charge in [0.15, 0.2) is 5.17 Å². The van der Waals surface area contributed by atoms with E-state index in [2.05, 4.69) is 52.3 Å². The number of alkyl carbamates (subject to hydrolysis) is 2. The molecule has 2 heterocycles. The first-order chi connectivity index (χ1) is 30.9. The zero-order chi connectivity index (χ0) is 47.5. The standard InChI is InChI=1S/C49H71N7O8S/c1-32(2)29-38(52-48(62)64-49(6,7)8)24-23-37(30-35-17-11-9-12-18-35)45(60)56-28-16-22-40(56)43(58)54-41(33(3)4)44(59)53-39(42(57)55-46-50-27-25-34(5)65-46)21-15-26-51-47(61)63-31-36-19-13-10-14-20-36/h9-14,17-20,23-24,32-34,37-41H,15-16,21-22,25-31H2,1-8H3,(H,51,61)(H,52,62)(H,53,59)(H,54,58)(H,50,55,57)/b24-23+/t34?,37-,38-,39+,40+,41+/m1/s1. The smallest absolute Gasteiger partial charge is 0.408 e. The number of amides is 6. The van der Waals surface area contributed by atoms with Crippen molar-refractivity contribution >= 4 is 52.7 Å². The van der Waals surface area contributed by atoms with Gasteiger partial charge < -0.3 is 41.0 Å². The molecule has 1 unspecified atom stereocenters. The molecule has 0 aliphatic carbocycles. The number of amidine groups is 1. The van der Waals surface area contributed by atoms with Crippen molar-refractivity contribution in [2.45, 2.75) is 142 Å². The summed E-state index contributed by atoms with van der Waals surface area (Å²) in [5.74, 6) is -2.50. The van der Waals surface area contributed by atoms with E-state index in [1.54, 1.807) is 39.5 Å². The van der Waals surface area contributed by atoms with Crippen LogP contribution in [-0.2, 0) is 41.7 Å². The van der Waals surface area contributed by atoms with Crippen molar-refractivity contribution in [2.75, 3.05) is 19.6 Å². The van der Waals surface area contributed by atoms with Gasteiger partial charge in [-0.2, -0.15) is 0 Å². The third-order valence-electron chi connectivity index (χ3n) is 10.8. The number of hydrogen-bond acceptors (Lipinski definition) is 10. The topological polar surface area (TPSA) is 197 Å². The van der Waals surface area contributed by atoms with Crippen molar-refractivity contribution in [2.24, 2.45) is 22.7 Å². The lowest BCUT2D eigenvalue weighted by Gasteiger charge is -2.30. The molecule has 0 spiro atoms. The number of likely N-dealkylation sites (tertiary alicyclic amines) is 1. The minimum absolute atomic E-state index is 0.111. The van der Waals surface area contributed by atoms with E-state index in [4.69, 9.17) is 9.47 Å². The van der Waals surface area contributed by atoms with Gasteiger partial charge >= 0.3 is 12.2 Å². The van der Waals surface area contributed by atoms with E-state index in [9.17, 15) is 28.8 Å². The normalized spacial score (nSPS) is 18.2. The summed E-state index contributed by atoms with van der Waals surface area (Å²) in [5.41, 5.74) is 1.11. The predicted molar refractivity (Wildman–Crippen MR) is 255 cm³/mol. The van der Waals surface area contributed by atoms with Gasteiger partial charge in [-0.15, -0.1) is 0 Å². The minimum atomic E-state index is -1.03. The quantitative estimate of drug-likeness (QED) is 0.0713. The van der Waals surface area contributed by atoms with Gasteiger partial charge in [0.2, 0.25) is 23.6 Å². The van der Waals surface area contributed by atoms with Crippen LogP contribution in [-0.4, -0.2) is 101 Å². The highest BCUT2D eigenvalue weighted by atomic mass is 32.2. The molecule has 2 aliphatic heterocycles. The number of thioether (sulfide) groups is 1. The highest BCUT2D eigenvalue weighted by Crippen LogP contribution is 2.25. The molecule has 5 N–H and O–H groups in total. The fraction of sp³-hybridized carbons (Fsp3) is 0.571. The molecule has 15 nitrogen and oxygen atoms in total. The Morgan fingerprint density at radius 1 is 0.862 bits per heavy atom. The van der Waals surface area contributed by atoms with Crippen molar-refractivity contribution in [3.8, 4) is 0 Å². The molecule has 1 saturated heterocycles. The van der Waals surface area contributed by atoms with Crippen LogP contribution in [0.1, 0.15) is 105 Å². The Labute approximate surface area is 389 Å². The maximum atomic E-state index is 14.5.